The van der Waals surface area contributed by atoms with Gasteiger partial charge in [0.1, 0.15) is 6.61 Å². The van der Waals surface area contributed by atoms with Gasteiger partial charge in [0.15, 0.2) is 0 Å². The van der Waals surface area contributed by atoms with Gasteiger partial charge >= 0.3 is 12.1 Å². The molecule has 1 saturated carbocycles. The Balaban J connectivity index is 1.31. The number of alkyl carbamates (subject to hydrolysis) is 1. The molecule has 180 valence electrons. The van der Waals surface area contributed by atoms with E-state index in [0.717, 1.165) is 11.1 Å². The van der Waals surface area contributed by atoms with E-state index in [-0.39, 0.29) is 42.9 Å². The summed E-state index contributed by atoms with van der Waals surface area (Å²) in [5.41, 5.74) is 4.69. The molecule has 2 amide bonds. The molecule has 4 rings (SSSR count). The van der Waals surface area contributed by atoms with Crippen molar-refractivity contribution in [3.63, 3.8) is 0 Å². The number of carbonyl (C=O) groups is 3. The van der Waals surface area contributed by atoms with Crippen LogP contribution < -0.4 is 5.32 Å². The quantitative estimate of drug-likeness (QED) is 0.604. The number of carboxylic acid groups (broad SMARTS) is 1. The Kier molecular flexibility index (Phi) is 7.20. The standard InChI is InChI=1S/C27H32N2O5/c1-3-29(17(2)14-25(30)31)26(32)18-12-13-19(15-18)28-27(33)34-16-24-22-10-6-4-8-20(22)21-9-5-7-11-23(21)24/h4-11,17-19,24H,3,12-16H2,1-2H3,(H,28,33)(H,30,31). The molecule has 2 aliphatic carbocycles. The summed E-state index contributed by atoms with van der Waals surface area (Å²) in [6.07, 6.45) is 1.37. The molecule has 3 unspecified atom stereocenters. The molecule has 0 radical (unpaired) electrons. The molecule has 2 aromatic rings. The van der Waals surface area contributed by atoms with Crippen LogP contribution in [-0.2, 0) is 14.3 Å². The van der Waals surface area contributed by atoms with E-state index in [4.69, 9.17) is 9.84 Å². The first-order valence-electron chi connectivity index (χ1n) is 12.0. The monoisotopic (exact) mass is 464 g/mol. The third kappa shape index (κ3) is 4.93. The van der Waals surface area contributed by atoms with E-state index in [1.807, 2.05) is 31.2 Å². The van der Waals surface area contributed by atoms with Gasteiger partial charge in [-0.25, -0.2) is 4.79 Å². The Labute approximate surface area is 200 Å². The lowest BCUT2D eigenvalue weighted by molar-refractivity contribution is -0.142. The zero-order valence-electron chi connectivity index (χ0n) is 19.7. The van der Waals surface area contributed by atoms with Crippen molar-refractivity contribution in [3.05, 3.63) is 59.7 Å². The van der Waals surface area contributed by atoms with E-state index >= 15 is 0 Å². The van der Waals surface area contributed by atoms with Crippen molar-refractivity contribution in [3.8, 4) is 11.1 Å². The van der Waals surface area contributed by atoms with E-state index in [1.54, 1.807) is 11.8 Å². The lowest BCUT2D eigenvalue weighted by Gasteiger charge is -2.29. The minimum atomic E-state index is -0.917. The summed E-state index contributed by atoms with van der Waals surface area (Å²) < 4.78 is 5.64. The molecule has 2 aromatic carbocycles. The summed E-state index contributed by atoms with van der Waals surface area (Å²) in [5.74, 6) is -1.16. The Hall–Kier alpha value is -3.35. The summed E-state index contributed by atoms with van der Waals surface area (Å²) >= 11 is 0. The predicted molar refractivity (Wildman–Crippen MR) is 128 cm³/mol. The van der Waals surface area contributed by atoms with Crippen LogP contribution in [0.2, 0.25) is 0 Å². The first kappa shape index (κ1) is 23.8. The van der Waals surface area contributed by atoms with Crippen molar-refractivity contribution in [1.29, 1.82) is 0 Å². The van der Waals surface area contributed by atoms with Crippen molar-refractivity contribution in [2.45, 2.75) is 57.5 Å². The maximum atomic E-state index is 13.0. The highest BCUT2D eigenvalue weighted by atomic mass is 16.5. The molecular weight excluding hydrogens is 432 g/mol. The van der Waals surface area contributed by atoms with Crippen LogP contribution in [0.25, 0.3) is 11.1 Å². The molecule has 0 saturated heterocycles. The minimum Gasteiger partial charge on any atom is -0.481 e. The van der Waals surface area contributed by atoms with Crippen LogP contribution in [0, 0.1) is 5.92 Å². The van der Waals surface area contributed by atoms with Gasteiger partial charge in [-0.05, 0) is 55.4 Å². The first-order valence-corrected chi connectivity index (χ1v) is 12.0. The van der Waals surface area contributed by atoms with Gasteiger partial charge in [0.05, 0.1) is 6.42 Å². The Morgan fingerprint density at radius 1 is 1.06 bits per heavy atom. The maximum Gasteiger partial charge on any atom is 0.407 e. The van der Waals surface area contributed by atoms with Crippen molar-refractivity contribution >= 4 is 18.0 Å². The molecule has 0 aliphatic heterocycles. The van der Waals surface area contributed by atoms with E-state index in [1.165, 1.54) is 11.1 Å². The fraction of sp³-hybridized carbons (Fsp3) is 0.444. The van der Waals surface area contributed by atoms with Crippen molar-refractivity contribution < 1.29 is 24.2 Å². The number of benzene rings is 2. The predicted octanol–water partition coefficient (Wildman–Crippen LogP) is 4.41. The Morgan fingerprint density at radius 2 is 1.68 bits per heavy atom. The molecule has 2 N–H and O–H groups in total. The molecule has 0 bridgehead atoms. The third-order valence-electron chi connectivity index (χ3n) is 7.07. The van der Waals surface area contributed by atoms with E-state index < -0.39 is 12.1 Å². The average molecular weight is 465 g/mol. The highest BCUT2D eigenvalue weighted by Gasteiger charge is 2.35. The van der Waals surface area contributed by atoms with E-state index in [9.17, 15) is 14.4 Å². The highest BCUT2D eigenvalue weighted by molar-refractivity contribution is 5.81. The maximum absolute atomic E-state index is 13.0. The van der Waals surface area contributed by atoms with Crippen LogP contribution in [-0.4, -0.2) is 53.2 Å². The molecule has 34 heavy (non-hydrogen) atoms. The molecule has 7 nitrogen and oxygen atoms in total. The first-order chi connectivity index (χ1) is 16.4. The van der Waals surface area contributed by atoms with Gasteiger partial charge in [0.25, 0.3) is 0 Å². The van der Waals surface area contributed by atoms with Gasteiger partial charge in [-0.1, -0.05) is 48.5 Å². The summed E-state index contributed by atoms with van der Waals surface area (Å²) in [7, 11) is 0. The van der Waals surface area contributed by atoms with Crippen molar-refractivity contribution in [2.24, 2.45) is 5.92 Å². The van der Waals surface area contributed by atoms with Gasteiger partial charge in [-0.2, -0.15) is 0 Å². The van der Waals surface area contributed by atoms with E-state index in [2.05, 4.69) is 29.6 Å². The normalized spacial score (nSPS) is 19.7. The summed E-state index contributed by atoms with van der Waals surface area (Å²) in [4.78, 5) is 38.2. The molecular formula is C27H32N2O5. The third-order valence-corrected chi connectivity index (χ3v) is 7.07. The van der Waals surface area contributed by atoms with Gasteiger partial charge in [0.2, 0.25) is 5.91 Å². The number of carboxylic acids is 1. The van der Waals surface area contributed by atoms with Crippen LogP contribution in [0.15, 0.2) is 48.5 Å². The number of fused-ring (bicyclic) bond motifs is 3. The number of nitrogens with one attached hydrogen (secondary N) is 1. The van der Waals surface area contributed by atoms with Gasteiger partial charge < -0.3 is 20.1 Å². The number of amides is 2. The highest BCUT2D eigenvalue weighted by Crippen LogP contribution is 2.44. The van der Waals surface area contributed by atoms with Gasteiger partial charge in [0, 0.05) is 30.5 Å². The lowest BCUT2D eigenvalue weighted by Crippen LogP contribution is -2.43. The van der Waals surface area contributed by atoms with Crippen LogP contribution in [0.4, 0.5) is 4.79 Å². The second-order valence-electron chi connectivity index (χ2n) is 9.25. The number of aliphatic carboxylic acids is 1. The second kappa shape index (κ2) is 10.3. The Morgan fingerprint density at radius 3 is 2.26 bits per heavy atom. The van der Waals surface area contributed by atoms with Crippen molar-refractivity contribution in [1.82, 2.24) is 10.2 Å². The number of ether oxygens (including phenoxy) is 1. The van der Waals surface area contributed by atoms with Gasteiger partial charge in [-0.15, -0.1) is 0 Å². The smallest absolute Gasteiger partial charge is 0.407 e. The molecule has 0 heterocycles. The summed E-state index contributed by atoms with van der Waals surface area (Å²) in [6, 6.07) is 15.9. The molecule has 0 aromatic heterocycles. The van der Waals surface area contributed by atoms with E-state index in [0.29, 0.717) is 25.8 Å². The second-order valence-corrected chi connectivity index (χ2v) is 9.25. The number of rotatable bonds is 8. The minimum absolute atomic E-state index is 0.00453. The summed E-state index contributed by atoms with van der Waals surface area (Å²) in [6.45, 7) is 4.34. The molecule has 1 fully saturated rings. The zero-order valence-corrected chi connectivity index (χ0v) is 19.7. The van der Waals surface area contributed by atoms with Crippen LogP contribution in [0.5, 0.6) is 0 Å². The average Bonchev–Trinajstić information content (AvgIpc) is 3.40. The fourth-order valence-electron chi connectivity index (χ4n) is 5.43. The topological polar surface area (TPSA) is 95.9 Å². The SMILES string of the molecule is CCN(C(=O)C1CCC(NC(=O)OCC2c3ccccc3-c3ccccc32)C1)C(C)CC(=O)O. The number of nitrogens with zero attached hydrogens (tertiary/aromatic N) is 1. The summed E-state index contributed by atoms with van der Waals surface area (Å²) in [5, 5.41) is 12.0. The van der Waals surface area contributed by atoms with Crippen molar-refractivity contribution in [2.75, 3.05) is 13.2 Å². The largest absolute Gasteiger partial charge is 0.481 e. The molecule has 3 atom stereocenters. The lowest BCUT2D eigenvalue weighted by atomic mass is 9.98. The van der Waals surface area contributed by atoms with Crippen LogP contribution in [0.3, 0.4) is 0 Å². The van der Waals surface area contributed by atoms with Crippen LogP contribution in [0.1, 0.15) is 56.6 Å². The molecule has 7 heteroatoms. The zero-order chi connectivity index (χ0) is 24.2. The number of carbonyl (C=O) groups excluding carboxylic acids is 2. The molecule has 0 spiro atoms. The fourth-order valence-corrected chi connectivity index (χ4v) is 5.43. The number of hydrogen-bond donors (Lipinski definition) is 2. The Bertz CT molecular complexity index is 1020. The molecule has 2 aliphatic rings. The number of hydrogen-bond acceptors (Lipinski definition) is 4. The van der Waals surface area contributed by atoms with Gasteiger partial charge in [-0.3, -0.25) is 9.59 Å². The van der Waals surface area contributed by atoms with Crippen LogP contribution >= 0.6 is 0 Å².